The monoisotopic (exact) mass is 361 g/mol. The number of ether oxygens (including phenoxy) is 1. The van der Waals surface area contributed by atoms with Crippen molar-refractivity contribution in [3.05, 3.63) is 35.4 Å². The van der Waals surface area contributed by atoms with Crippen LogP contribution in [-0.4, -0.2) is 79.1 Å². The fraction of sp³-hybridized carbons (Fsp3) is 0.667. The van der Waals surface area contributed by atoms with Crippen molar-refractivity contribution in [1.29, 1.82) is 0 Å². The summed E-state index contributed by atoms with van der Waals surface area (Å²) in [5.41, 5.74) is 2.07. The average Bonchev–Trinajstić information content (AvgIpc) is 2.70. The van der Waals surface area contributed by atoms with Crippen LogP contribution < -0.4 is 0 Å². The fourth-order valence-corrected chi connectivity index (χ4v) is 3.39. The minimum Gasteiger partial charge on any atom is -0.379 e. The van der Waals surface area contributed by atoms with Crippen LogP contribution in [0.3, 0.4) is 0 Å². The summed E-state index contributed by atoms with van der Waals surface area (Å²) in [6.07, 6.45) is 0. The summed E-state index contributed by atoms with van der Waals surface area (Å²) >= 11 is 0. The van der Waals surface area contributed by atoms with Gasteiger partial charge in [-0.15, -0.1) is 0 Å². The maximum atomic E-state index is 12.7. The zero-order chi connectivity index (χ0) is 18.9. The summed E-state index contributed by atoms with van der Waals surface area (Å²) in [5.74, 6) is 0.163. The lowest BCUT2D eigenvalue weighted by atomic mass is 10.1. The Labute approximate surface area is 158 Å². The van der Waals surface area contributed by atoms with Crippen LogP contribution in [0, 0.1) is 0 Å². The summed E-state index contributed by atoms with van der Waals surface area (Å²) < 4.78 is 5.38. The fourth-order valence-electron chi connectivity index (χ4n) is 3.39. The van der Waals surface area contributed by atoms with E-state index < -0.39 is 0 Å². The predicted octanol–water partition coefficient (Wildman–Crippen LogP) is 2.71. The number of nitrogens with zero attached hydrogens (tertiary/aromatic N) is 3. The van der Waals surface area contributed by atoms with Gasteiger partial charge in [-0.05, 0) is 31.5 Å². The summed E-state index contributed by atoms with van der Waals surface area (Å²) in [6, 6.07) is 8.70. The van der Waals surface area contributed by atoms with Gasteiger partial charge in [0.1, 0.15) is 0 Å². The highest BCUT2D eigenvalue weighted by Gasteiger charge is 2.23. The van der Waals surface area contributed by atoms with Crippen molar-refractivity contribution in [3.8, 4) is 0 Å². The molecule has 5 nitrogen and oxygen atoms in total. The molecule has 2 heterocycles. The molecule has 2 saturated heterocycles. The quantitative estimate of drug-likeness (QED) is 0.826. The van der Waals surface area contributed by atoms with Crippen LogP contribution in [0.5, 0.6) is 0 Å². The van der Waals surface area contributed by atoms with Crippen molar-refractivity contribution in [3.63, 3.8) is 0 Å². The molecule has 0 radical (unpaired) electrons. The number of rotatable bonds is 4. The molecule has 146 valence electrons. The van der Waals surface area contributed by atoms with E-state index in [0.717, 1.165) is 64.6 Å². The van der Waals surface area contributed by atoms with Crippen molar-refractivity contribution in [2.75, 3.05) is 52.5 Å². The first kappa shape index (κ1) is 20.9. The molecule has 0 aromatic heterocycles. The molecule has 0 bridgehead atoms. The molecule has 5 heteroatoms. The lowest BCUT2D eigenvalue weighted by Gasteiger charge is -2.37. The standard InChI is InChI=1S/C19H29N3O2.C2H6/c1-16(2)21-7-9-22(10-8-21)19(23)18-5-3-17(4-6-18)15-20-11-13-24-14-12-20;1-2/h3-6,16H,7-15H2,1-2H3;1-2H3. The lowest BCUT2D eigenvalue weighted by Crippen LogP contribution is -2.50. The summed E-state index contributed by atoms with van der Waals surface area (Å²) in [4.78, 5) is 19.5. The predicted molar refractivity (Wildman–Crippen MR) is 106 cm³/mol. The zero-order valence-electron chi connectivity index (χ0n) is 16.9. The van der Waals surface area contributed by atoms with E-state index in [1.807, 2.05) is 30.9 Å². The Morgan fingerprint density at radius 3 is 2.08 bits per heavy atom. The van der Waals surface area contributed by atoms with E-state index >= 15 is 0 Å². The maximum absolute atomic E-state index is 12.7. The Morgan fingerprint density at radius 1 is 0.962 bits per heavy atom. The molecule has 3 rings (SSSR count). The van der Waals surface area contributed by atoms with Gasteiger partial charge >= 0.3 is 0 Å². The van der Waals surface area contributed by atoms with Gasteiger partial charge in [0.25, 0.3) is 5.91 Å². The molecule has 0 unspecified atom stereocenters. The molecular weight excluding hydrogens is 326 g/mol. The molecule has 0 N–H and O–H groups in total. The van der Waals surface area contributed by atoms with Crippen LogP contribution in [0.1, 0.15) is 43.6 Å². The van der Waals surface area contributed by atoms with Crippen molar-refractivity contribution in [2.24, 2.45) is 0 Å². The van der Waals surface area contributed by atoms with Gasteiger partial charge in [-0.3, -0.25) is 14.6 Å². The first-order chi connectivity index (χ1) is 12.6. The van der Waals surface area contributed by atoms with Crippen LogP contribution in [0.4, 0.5) is 0 Å². The van der Waals surface area contributed by atoms with E-state index in [4.69, 9.17) is 4.74 Å². The largest absolute Gasteiger partial charge is 0.379 e. The molecule has 2 aliphatic heterocycles. The molecule has 2 fully saturated rings. The van der Waals surface area contributed by atoms with E-state index in [1.165, 1.54) is 5.56 Å². The zero-order valence-corrected chi connectivity index (χ0v) is 16.9. The van der Waals surface area contributed by atoms with Crippen molar-refractivity contribution < 1.29 is 9.53 Å². The Balaban J connectivity index is 0.00000117. The summed E-state index contributed by atoms with van der Waals surface area (Å²) in [5, 5.41) is 0. The molecule has 0 aliphatic carbocycles. The first-order valence-corrected chi connectivity index (χ1v) is 10.1. The van der Waals surface area contributed by atoms with Crippen molar-refractivity contribution in [1.82, 2.24) is 14.7 Å². The first-order valence-electron chi connectivity index (χ1n) is 10.1. The molecule has 1 amide bonds. The summed E-state index contributed by atoms with van der Waals surface area (Å²) in [6.45, 7) is 16.6. The van der Waals surface area contributed by atoms with Gasteiger partial charge in [0.15, 0.2) is 0 Å². The van der Waals surface area contributed by atoms with E-state index in [1.54, 1.807) is 0 Å². The molecule has 0 saturated carbocycles. The topological polar surface area (TPSA) is 36.0 Å². The minimum absolute atomic E-state index is 0.163. The molecule has 1 aromatic rings. The molecule has 0 spiro atoms. The van der Waals surface area contributed by atoms with Gasteiger partial charge in [0.05, 0.1) is 13.2 Å². The van der Waals surface area contributed by atoms with E-state index in [9.17, 15) is 4.79 Å². The smallest absolute Gasteiger partial charge is 0.253 e. The number of hydrogen-bond donors (Lipinski definition) is 0. The van der Waals surface area contributed by atoms with E-state index in [0.29, 0.717) is 6.04 Å². The average molecular weight is 362 g/mol. The third kappa shape index (κ3) is 5.79. The van der Waals surface area contributed by atoms with Crippen LogP contribution in [-0.2, 0) is 11.3 Å². The number of piperazine rings is 1. The second-order valence-corrected chi connectivity index (χ2v) is 7.01. The number of carbonyl (C=O) groups excluding carboxylic acids is 1. The Morgan fingerprint density at radius 2 is 1.54 bits per heavy atom. The Bertz CT molecular complexity index is 531. The van der Waals surface area contributed by atoms with Crippen LogP contribution in [0.15, 0.2) is 24.3 Å². The van der Waals surface area contributed by atoms with E-state index in [2.05, 4.69) is 35.8 Å². The highest BCUT2D eigenvalue weighted by molar-refractivity contribution is 5.94. The van der Waals surface area contributed by atoms with Crippen molar-refractivity contribution >= 4 is 5.91 Å². The molecule has 1 aromatic carbocycles. The Kier molecular flexibility index (Phi) is 8.55. The minimum atomic E-state index is 0.163. The van der Waals surface area contributed by atoms with Crippen LogP contribution >= 0.6 is 0 Å². The lowest BCUT2D eigenvalue weighted by molar-refractivity contribution is 0.0342. The van der Waals surface area contributed by atoms with Gasteiger partial charge in [0, 0.05) is 57.4 Å². The third-order valence-corrected chi connectivity index (χ3v) is 5.04. The number of hydrogen-bond acceptors (Lipinski definition) is 4. The highest BCUT2D eigenvalue weighted by atomic mass is 16.5. The van der Waals surface area contributed by atoms with Gasteiger partial charge in [-0.1, -0.05) is 26.0 Å². The number of carbonyl (C=O) groups is 1. The maximum Gasteiger partial charge on any atom is 0.253 e. The van der Waals surface area contributed by atoms with Gasteiger partial charge in [-0.25, -0.2) is 0 Å². The molecular formula is C21H35N3O2. The van der Waals surface area contributed by atoms with Crippen LogP contribution in [0.2, 0.25) is 0 Å². The second-order valence-electron chi connectivity index (χ2n) is 7.01. The van der Waals surface area contributed by atoms with Crippen LogP contribution in [0.25, 0.3) is 0 Å². The molecule has 0 atom stereocenters. The Hall–Kier alpha value is -1.43. The molecule has 26 heavy (non-hydrogen) atoms. The summed E-state index contributed by atoms with van der Waals surface area (Å²) in [7, 11) is 0. The SMILES string of the molecule is CC.CC(C)N1CCN(C(=O)c2ccc(CN3CCOCC3)cc2)CC1. The van der Waals surface area contributed by atoms with Gasteiger partial charge < -0.3 is 9.64 Å². The van der Waals surface area contributed by atoms with Gasteiger partial charge in [0.2, 0.25) is 0 Å². The molecule has 2 aliphatic rings. The second kappa shape index (κ2) is 10.7. The third-order valence-electron chi connectivity index (χ3n) is 5.04. The number of morpholine rings is 1. The van der Waals surface area contributed by atoms with E-state index in [-0.39, 0.29) is 5.91 Å². The normalized spacial score (nSPS) is 19.2. The number of benzene rings is 1. The number of amides is 1. The van der Waals surface area contributed by atoms with Crippen molar-refractivity contribution in [2.45, 2.75) is 40.3 Å². The highest BCUT2D eigenvalue weighted by Crippen LogP contribution is 2.13. The van der Waals surface area contributed by atoms with Gasteiger partial charge in [-0.2, -0.15) is 0 Å².